The Bertz CT molecular complexity index is 730. The van der Waals surface area contributed by atoms with Crippen molar-refractivity contribution in [1.82, 2.24) is 9.88 Å². The molecule has 0 unspecified atom stereocenters. The van der Waals surface area contributed by atoms with Crippen LogP contribution in [0.25, 0.3) is 0 Å². The van der Waals surface area contributed by atoms with Crippen molar-refractivity contribution in [2.75, 3.05) is 13.2 Å². The Kier molecular flexibility index (Phi) is 4.57. The van der Waals surface area contributed by atoms with E-state index in [9.17, 15) is 9.59 Å². The van der Waals surface area contributed by atoms with Gasteiger partial charge in [0.05, 0.1) is 24.3 Å². The summed E-state index contributed by atoms with van der Waals surface area (Å²) >= 11 is 0. The summed E-state index contributed by atoms with van der Waals surface area (Å²) in [4.78, 5) is 29.4. The van der Waals surface area contributed by atoms with Gasteiger partial charge in [-0.1, -0.05) is 30.3 Å². The van der Waals surface area contributed by atoms with Gasteiger partial charge >= 0.3 is 5.97 Å². The molecule has 1 aromatic heterocycles. The van der Waals surface area contributed by atoms with Gasteiger partial charge < -0.3 is 14.7 Å². The molecule has 2 atom stereocenters. The summed E-state index contributed by atoms with van der Waals surface area (Å²) in [6.07, 6.45) is 1.26. The van der Waals surface area contributed by atoms with Gasteiger partial charge in [0.2, 0.25) is 0 Å². The number of benzene rings is 1. The minimum atomic E-state index is -1.11. The Balaban J connectivity index is 1.88. The molecule has 1 fully saturated rings. The Morgan fingerprint density at radius 1 is 1.21 bits per heavy atom. The highest BCUT2D eigenvalue weighted by atomic mass is 16.5. The predicted molar refractivity (Wildman–Crippen MR) is 86.8 cm³/mol. The molecule has 24 heavy (non-hydrogen) atoms. The van der Waals surface area contributed by atoms with Crippen LogP contribution in [0.15, 0.2) is 48.7 Å². The van der Waals surface area contributed by atoms with Crippen molar-refractivity contribution in [2.45, 2.75) is 19.1 Å². The number of aromatic nitrogens is 1. The molecule has 0 spiro atoms. The highest BCUT2D eigenvalue weighted by Gasteiger charge is 2.32. The number of amides is 1. The second kappa shape index (κ2) is 6.80. The topological polar surface area (TPSA) is 79.7 Å². The van der Waals surface area contributed by atoms with Crippen molar-refractivity contribution in [2.24, 2.45) is 0 Å². The fourth-order valence-electron chi connectivity index (χ4n) is 2.79. The monoisotopic (exact) mass is 326 g/mol. The van der Waals surface area contributed by atoms with Crippen LogP contribution >= 0.6 is 0 Å². The van der Waals surface area contributed by atoms with Crippen molar-refractivity contribution >= 4 is 11.9 Å². The molecule has 1 aromatic carbocycles. The minimum Gasteiger partial charge on any atom is -0.477 e. The maximum atomic E-state index is 12.9. The number of carbonyl (C=O) groups is 2. The van der Waals surface area contributed by atoms with Crippen LogP contribution in [0, 0.1) is 0 Å². The predicted octanol–water partition coefficient (Wildman–Crippen LogP) is 2.38. The summed E-state index contributed by atoms with van der Waals surface area (Å²) in [6, 6.07) is 12.4. The van der Waals surface area contributed by atoms with E-state index in [0.29, 0.717) is 18.7 Å². The third-order valence-corrected chi connectivity index (χ3v) is 4.04. The molecule has 1 aliphatic rings. The number of hydrogen-bond acceptors (Lipinski definition) is 4. The normalized spacial score (nSPS) is 20.6. The van der Waals surface area contributed by atoms with Gasteiger partial charge in [-0.3, -0.25) is 4.79 Å². The van der Waals surface area contributed by atoms with E-state index in [4.69, 9.17) is 9.84 Å². The number of rotatable bonds is 3. The Morgan fingerprint density at radius 3 is 2.58 bits per heavy atom. The molecule has 0 aliphatic carbocycles. The fraction of sp³-hybridized carbons (Fsp3) is 0.278. The van der Waals surface area contributed by atoms with E-state index in [1.165, 1.54) is 18.3 Å². The molecule has 6 heteroatoms. The van der Waals surface area contributed by atoms with E-state index < -0.39 is 5.97 Å². The molecule has 0 bridgehead atoms. The molecule has 1 amide bonds. The molecule has 6 nitrogen and oxygen atoms in total. The number of pyridine rings is 1. The van der Waals surface area contributed by atoms with E-state index in [-0.39, 0.29) is 23.7 Å². The first-order chi connectivity index (χ1) is 11.6. The van der Waals surface area contributed by atoms with Gasteiger partial charge in [0.15, 0.2) is 0 Å². The zero-order valence-electron chi connectivity index (χ0n) is 13.3. The number of aromatic carboxylic acids is 1. The average molecular weight is 326 g/mol. The SMILES string of the molecule is C[C@@H]1CN(C(=O)c2ccc(C(=O)O)nc2)[C@@H](c2ccccc2)CO1. The van der Waals surface area contributed by atoms with Crippen LogP contribution in [0.5, 0.6) is 0 Å². The van der Waals surface area contributed by atoms with E-state index in [2.05, 4.69) is 4.98 Å². The van der Waals surface area contributed by atoms with Crippen LogP contribution < -0.4 is 0 Å². The van der Waals surface area contributed by atoms with Crippen LogP contribution in [0.2, 0.25) is 0 Å². The maximum absolute atomic E-state index is 12.9. The smallest absolute Gasteiger partial charge is 0.354 e. The van der Waals surface area contributed by atoms with Gasteiger partial charge in [-0.2, -0.15) is 0 Å². The number of nitrogens with zero attached hydrogens (tertiary/aromatic N) is 2. The number of ether oxygens (including phenoxy) is 1. The second-order valence-electron chi connectivity index (χ2n) is 5.77. The van der Waals surface area contributed by atoms with Crippen molar-refractivity contribution in [3.63, 3.8) is 0 Å². The molecule has 3 rings (SSSR count). The Hall–Kier alpha value is -2.73. The van der Waals surface area contributed by atoms with Crippen LogP contribution in [0.4, 0.5) is 0 Å². The van der Waals surface area contributed by atoms with E-state index in [0.717, 1.165) is 5.56 Å². The highest BCUT2D eigenvalue weighted by molar-refractivity contribution is 5.95. The molecule has 2 heterocycles. The first kappa shape index (κ1) is 16.1. The average Bonchev–Trinajstić information content (AvgIpc) is 2.62. The zero-order chi connectivity index (χ0) is 17.1. The molecular weight excluding hydrogens is 308 g/mol. The number of morpholine rings is 1. The quantitative estimate of drug-likeness (QED) is 0.937. The fourth-order valence-corrected chi connectivity index (χ4v) is 2.79. The first-order valence-corrected chi connectivity index (χ1v) is 7.73. The number of carbonyl (C=O) groups excluding carboxylic acids is 1. The van der Waals surface area contributed by atoms with Crippen molar-refractivity contribution in [3.8, 4) is 0 Å². The van der Waals surface area contributed by atoms with E-state index in [1.807, 2.05) is 37.3 Å². The number of hydrogen-bond donors (Lipinski definition) is 1. The van der Waals surface area contributed by atoms with Crippen LogP contribution in [0.1, 0.15) is 39.4 Å². The van der Waals surface area contributed by atoms with Crippen molar-refractivity contribution < 1.29 is 19.4 Å². The molecule has 1 N–H and O–H groups in total. The summed E-state index contributed by atoms with van der Waals surface area (Å²) in [7, 11) is 0. The van der Waals surface area contributed by atoms with Gasteiger partial charge in [-0.15, -0.1) is 0 Å². The molecule has 2 aromatic rings. The van der Waals surface area contributed by atoms with Crippen LogP contribution in [-0.2, 0) is 4.74 Å². The largest absolute Gasteiger partial charge is 0.477 e. The Morgan fingerprint density at radius 2 is 1.96 bits per heavy atom. The van der Waals surface area contributed by atoms with Gasteiger partial charge in [0.25, 0.3) is 5.91 Å². The van der Waals surface area contributed by atoms with Crippen molar-refractivity contribution in [3.05, 3.63) is 65.5 Å². The van der Waals surface area contributed by atoms with Crippen LogP contribution in [0.3, 0.4) is 0 Å². The summed E-state index contributed by atoms with van der Waals surface area (Å²) in [6.45, 7) is 2.82. The molecule has 124 valence electrons. The maximum Gasteiger partial charge on any atom is 0.354 e. The highest BCUT2D eigenvalue weighted by Crippen LogP contribution is 2.27. The van der Waals surface area contributed by atoms with E-state index >= 15 is 0 Å². The summed E-state index contributed by atoms with van der Waals surface area (Å²) in [5, 5.41) is 8.91. The molecule has 0 saturated carbocycles. The van der Waals surface area contributed by atoms with Gasteiger partial charge in [0, 0.05) is 12.7 Å². The van der Waals surface area contributed by atoms with Gasteiger partial charge in [-0.25, -0.2) is 9.78 Å². The lowest BCUT2D eigenvalue weighted by Gasteiger charge is -2.39. The molecule has 1 saturated heterocycles. The lowest BCUT2D eigenvalue weighted by molar-refractivity contribution is -0.0447. The number of carboxylic acids is 1. The summed E-state index contributed by atoms with van der Waals surface area (Å²) in [5.41, 5.74) is 1.30. The van der Waals surface area contributed by atoms with Crippen molar-refractivity contribution in [1.29, 1.82) is 0 Å². The molecule has 1 aliphatic heterocycles. The summed E-state index contributed by atoms with van der Waals surface area (Å²) in [5.74, 6) is -1.29. The van der Waals surface area contributed by atoms with Crippen LogP contribution in [-0.4, -0.2) is 46.1 Å². The standard InChI is InChI=1S/C18H18N2O4/c1-12-10-20(16(11-24-12)13-5-3-2-4-6-13)17(21)14-7-8-15(18(22)23)19-9-14/h2-9,12,16H,10-11H2,1H3,(H,22,23)/t12-,16-/m1/s1. The zero-order valence-corrected chi connectivity index (χ0v) is 13.3. The second-order valence-corrected chi connectivity index (χ2v) is 5.77. The van der Waals surface area contributed by atoms with Gasteiger partial charge in [0.1, 0.15) is 5.69 Å². The molecular formula is C18H18N2O4. The first-order valence-electron chi connectivity index (χ1n) is 7.73. The minimum absolute atomic E-state index is 0.0554. The third kappa shape index (κ3) is 3.28. The van der Waals surface area contributed by atoms with E-state index in [1.54, 1.807) is 4.90 Å². The third-order valence-electron chi connectivity index (χ3n) is 4.04. The Labute approximate surface area is 139 Å². The summed E-state index contributed by atoms with van der Waals surface area (Å²) < 4.78 is 5.72. The number of carboxylic acid groups (broad SMARTS) is 1. The molecule has 0 radical (unpaired) electrons. The van der Waals surface area contributed by atoms with Gasteiger partial charge in [-0.05, 0) is 24.6 Å². The lowest BCUT2D eigenvalue weighted by Crippen LogP contribution is -2.46. The lowest BCUT2D eigenvalue weighted by atomic mass is 10.0.